The summed E-state index contributed by atoms with van der Waals surface area (Å²) in [6, 6.07) is 12.9. The van der Waals surface area contributed by atoms with Gasteiger partial charge in [-0.2, -0.15) is 0 Å². The molecule has 2 amide bonds. The molecule has 28 heavy (non-hydrogen) atoms. The molecule has 6 heteroatoms. The molecule has 1 fully saturated rings. The number of nitrogens with zero attached hydrogens (tertiary/aromatic N) is 2. The van der Waals surface area contributed by atoms with Crippen molar-refractivity contribution in [2.75, 3.05) is 20.1 Å². The van der Waals surface area contributed by atoms with Crippen molar-refractivity contribution in [3.05, 3.63) is 70.5 Å². The van der Waals surface area contributed by atoms with Crippen LogP contribution in [0.3, 0.4) is 0 Å². The Balaban J connectivity index is 1.67. The average molecular weight is 403 g/mol. The van der Waals surface area contributed by atoms with Crippen molar-refractivity contribution < 1.29 is 14.0 Å². The van der Waals surface area contributed by atoms with Gasteiger partial charge in [0.25, 0.3) is 5.91 Å². The molecule has 3 rings (SSSR count). The van der Waals surface area contributed by atoms with Crippen molar-refractivity contribution in [2.45, 2.75) is 25.8 Å². The van der Waals surface area contributed by atoms with Gasteiger partial charge >= 0.3 is 0 Å². The Morgan fingerprint density at radius 2 is 1.79 bits per heavy atom. The Morgan fingerprint density at radius 1 is 1.14 bits per heavy atom. The zero-order valence-electron chi connectivity index (χ0n) is 16.1. The predicted molar refractivity (Wildman–Crippen MR) is 108 cm³/mol. The van der Waals surface area contributed by atoms with E-state index in [4.69, 9.17) is 11.6 Å². The Hall–Kier alpha value is -2.40. The molecule has 1 aliphatic rings. The fourth-order valence-electron chi connectivity index (χ4n) is 3.58. The normalized spacial score (nSPS) is 17.9. The summed E-state index contributed by atoms with van der Waals surface area (Å²) in [5, 5.41) is 0.659. The van der Waals surface area contributed by atoms with E-state index in [0.29, 0.717) is 23.7 Å². The molecule has 0 bridgehead atoms. The summed E-state index contributed by atoms with van der Waals surface area (Å²) in [7, 11) is 1.79. The van der Waals surface area contributed by atoms with Gasteiger partial charge in [0.05, 0.1) is 12.0 Å². The average Bonchev–Trinajstić information content (AvgIpc) is 2.73. The molecule has 0 spiro atoms. The van der Waals surface area contributed by atoms with E-state index in [1.165, 1.54) is 24.3 Å². The second-order valence-corrected chi connectivity index (χ2v) is 7.71. The van der Waals surface area contributed by atoms with Crippen LogP contribution in [0.15, 0.2) is 48.5 Å². The van der Waals surface area contributed by atoms with Crippen molar-refractivity contribution >= 4 is 23.4 Å². The monoisotopic (exact) mass is 402 g/mol. The second-order valence-electron chi connectivity index (χ2n) is 7.27. The van der Waals surface area contributed by atoms with Crippen LogP contribution in [0.5, 0.6) is 0 Å². The van der Waals surface area contributed by atoms with E-state index in [0.717, 1.165) is 18.4 Å². The standard InChI is InChI=1S/C22H24ClFN2O2/c1-15(16-5-9-19(23)10-6-16)25(2)21(27)18-4-3-13-26(14-18)22(28)17-7-11-20(24)12-8-17/h5-12,15,18H,3-4,13-14H2,1-2H3. The van der Waals surface area contributed by atoms with Crippen LogP contribution in [0.1, 0.15) is 41.7 Å². The van der Waals surface area contributed by atoms with Gasteiger partial charge in [0.2, 0.25) is 5.91 Å². The lowest BCUT2D eigenvalue weighted by Gasteiger charge is -2.36. The van der Waals surface area contributed by atoms with Crippen LogP contribution < -0.4 is 0 Å². The van der Waals surface area contributed by atoms with Crippen LogP contribution in [0.2, 0.25) is 5.02 Å². The summed E-state index contributed by atoms with van der Waals surface area (Å²) >= 11 is 5.95. The molecule has 0 radical (unpaired) electrons. The molecule has 1 aliphatic heterocycles. The minimum atomic E-state index is -0.374. The summed E-state index contributed by atoms with van der Waals surface area (Å²) in [6.07, 6.45) is 1.52. The van der Waals surface area contributed by atoms with Crippen LogP contribution in [0.25, 0.3) is 0 Å². The van der Waals surface area contributed by atoms with Gasteiger partial charge in [-0.1, -0.05) is 23.7 Å². The predicted octanol–water partition coefficient (Wildman–Crippen LogP) is 4.55. The van der Waals surface area contributed by atoms with Crippen molar-refractivity contribution in [3.63, 3.8) is 0 Å². The third-order valence-electron chi connectivity index (χ3n) is 5.43. The van der Waals surface area contributed by atoms with E-state index in [1.54, 1.807) is 16.8 Å². The van der Waals surface area contributed by atoms with Gasteiger partial charge in [-0.15, -0.1) is 0 Å². The van der Waals surface area contributed by atoms with Gasteiger partial charge in [-0.25, -0.2) is 4.39 Å². The molecule has 0 aromatic heterocycles. The van der Waals surface area contributed by atoms with E-state index < -0.39 is 0 Å². The topological polar surface area (TPSA) is 40.6 Å². The largest absolute Gasteiger partial charge is 0.339 e. The van der Waals surface area contributed by atoms with Gasteiger partial charge in [-0.05, 0) is 61.7 Å². The van der Waals surface area contributed by atoms with Crippen molar-refractivity contribution in [2.24, 2.45) is 5.92 Å². The first kappa shape index (κ1) is 20.3. The number of hydrogen-bond acceptors (Lipinski definition) is 2. The SMILES string of the molecule is CC(c1ccc(Cl)cc1)N(C)C(=O)C1CCCN(C(=O)c2ccc(F)cc2)C1. The van der Waals surface area contributed by atoms with E-state index >= 15 is 0 Å². The molecule has 2 unspecified atom stereocenters. The Labute approximate surface area is 169 Å². The van der Waals surface area contributed by atoms with Crippen LogP contribution in [-0.4, -0.2) is 41.8 Å². The van der Waals surface area contributed by atoms with Gasteiger partial charge in [0.15, 0.2) is 0 Å². The number of halogens is 2. The molecule has 2 aromatic rings. The molecule has 0 saturated carbocycles. The lowest BCUT2D eigenvalue weighted by Crippen LogP contribution is -2.46. The number of amides is 2. The Morgan fingerprint density at radius 3 is 2.43 bits per heavy atom. The molecule has 1 heterocycles. The number of rotatable bonds is 4. The summed E-state index contributed by atoms with van der Waals surface area (Å²) < 4.78 is 13.1. The summed E-state index contributed by atoms with van der Waals surface area (Å²) in [5.74, 6) is -0.746. The van der Waals surface area contributed by atoms with E-state index in [1.807, 2.05) is 31.2 Å². The number of likely N-dealkylation sites (tertiary alicyclic amines) is 1. The first-order valence-electron chi connectivity index (χ1n) is 9.44. The number of benzene rings is 2. The smallest absolute Gasteiger partial charge is 0.253 e. The highest BCUT2D eigenvalue weighted by atomic mass is 35.5. The Bertz CT molecular complexity index is 839. The first-order valence-corrected chi connectivity index (χ1v) is 9.81. The molecule has 0 aliphatic carbocycles. The lowest BCUT2D eigenvalue weighted by atomic mass is 9.95. The summed E-state index contributed by atoms with van der Waals surface area (Å²) in [5.41, 5.74) is 1.45. The maximum atomic E-state index is 13.1. The van der Waals surface area contributed by atoms with Gasteiger partial charge < -0.3 is 9.80 Å². The van der Waals surface area contributed by atoms with E-state index in [-0.39, 0.29) is 29.6 Å². The highest BCUT2D eigenvalue weighted by Gasteiger charge is 2.32. The van der Waals surface area contributed by atoms with Crippen LogP contribution in [0, 0.1) is 11.7 Å². The maximum absolute atomic E-state index is 13.1. The van der Waals surface area contributed by atoms with E-state index in [2.05, 4.69) is 0 Å². The number of hydrogen-bond donors (Lipinski definition) is 0. The fourth-order valence-corrected chi connectivity index (χ4v) is 3.71. The van der Waals surface area contributed by atoms with Crippen LogP contribution >= 0.6 is 11.6 Å². The molecular formula is C22H24ClFN2O2. The zero-order chi connectivity index (χ0) is 20.3. The highest BCUT2D eigenvalue weighted by molar-refractivity contribution is 6.30. The van der Waals surface area contributed by atoms with E-state index in [9.17, 15) is 14.0 Å². The molecular weight excluding hydrogens is 379 g/mol. The maximum Gasteiger partial charge on any atom is 0.253 e. The summed E-state index contributed by atoms with van der Waals surface area (Å²) in [6.45, 7) is 2.97. The van der Waals surface area contributed by atoms with Crippen molar-refractivity contribution in [3.8, 4) is 0 Å². The molecule has 0 N–H and O–H groups in total. The minimum Gasteiger partial charge on any atom is -0.339 e. The number of carbonyl (C=O) groups excluding carboxylic acids is 2. The third-order valence-corrected chi connectivity index (χ3v) is 5.68. The third kappa shape index (κ3) is 4.53. The van der Waals surface area contributed by atoms with Crippen LogP contribution in [0.4, 0.5) is 4.39 Å². The van der Waals surface area contributed by atoms with Crippen molar-refractivity contribution in [1.29, 1.82) is 0 Å². The highest BCUT2D eigenvalue weighted by Crippen LogP contribution is 2.26. The molecule has 2 atom stereocenters. The molecule has 2 aromatic carbocycles. The minimum absolute atomic E-state index is 0.0269. The van der Waals surface area contributed by atoms with Gasteiger partial charge in [0.1, 0.15) is 5.82 Å². The first-order chi connectivity index (χ1) is 13.4. The molecule has 148 valence electrons. The Kier molecular flexibility index (Phi) is 6.35. The quantitative estimate of drug-likeness (QED) is 0.752. The van der Waals surface area contributed by atoms with Crippen molar-refractivity contribution in [1.82, 2.24) is 9.80 Å². The molecule has 4 nitrogen and oxygen atoms in total. The fraction of sp³-hybridized carbons (Fsp3) is 0.364. The van der Waals surface area contributed by atoms with Crippen LogP contribution in [-0.2, 0) is 4.79 Å². The number of carbonyl (C=O) groups is 2. The summed E-state index contributed by atoms with van der Waals surface area (Å²) in [4.78, 5) is 29.2. The second kappa shape index (κ2) is 8.74. The van der Waals surface area contributed by atoms with Gasteiger partial charge in [-0.3, -0.25) is 9.59 Å². The number of piperidine rings is 1. The lowest BCUT2D eigenvalue weighted by molar-refractivity contribution is -0.137. The van der Waals surface area contributed by atoms with Gasteiger partial charge in [0, 0.05) is 30.7 Å². The molecule has 1 saturated heterocycles. The zero-order valence-corrected chi connectivity index (χ0v) is 16.8.